The lowest BCUT2D eigenvalue weighted by Gasteiger charge is -2.36. The quantitative estimate of drug-likeness (QED) is 0.162. The van der Waals surface area contributed by atoms with Crippen molar-refractivity contribution in [1.29, 1.82) is 0 Å². The minimum atomic E-state index is -0.287. The second-order valence-electron chi connectivity index (χ2n) is 13.7. The average molecular weight is 654 g/mol. The molecule has 6 N–H and O–H groups in total. The second-order valence-corrected chi connectivity index (χ2v) is 14.1. The molecule has 3 heterocycles. The van der Waals surface area contributed by atoms with Gasteiger partial charge in [0.1, 0.15) is 5.82 Å². The van der Waals surface area contributed by atoms with Gasteiger partial charge in [0, 0.05) is 73.8 Å². The molecule has 1 aromatic carbocycles. The maximum absolute atomic E-state index is 15.7. The molecule has 254 valence electrons. The molecule has 9 heteroatoms. The molecule has 1 saturated carbocycles. The van der Waals surface area contributed by atoms with Crippen molar-refractivity contribution in [3.63, 3.8) is 0 Å². The lowest BCUT2D eigenvalue weighted by molar-refractivity contribution is 0.148. The molecule has 5 unspecified atom stereocenters. The molecule has 6 rings (SSSR count). The van der Waals surface area contributed by atoms with Gasteiger partial charge in [0.25, 0.3) is 0 Å². The number of piperazine rings is 1. The summed E-state index contributed by atoms with van der Waals surface area (Å²) >= 11 is 6.76. The van der Waals surface area contributed by atoms with Crippen LogP contribution in [0.2, 0.25) is 5.02 Å². The van der Waals surface area contributed by atoms with E-state index >= 15 is 4.39 Å². The van der Waals surface area contributed by atoms with E-state index in [2.05, 4.69) is 45.7 Å². The Hall–Kier alpha value is -2.36. The number of nitrogens with zero attached hydrogens (tertiary/aromatic N) is 3. The maximum atomic E-state index is 15.7. The van der Waals surface area contributed by atoms with Crippen LogP contribution >= 0.6 is 11.6 Å². The van der Waals surface area contributed by atoms with Gasteiger partial charge < -0.3 is 21.0 Å². The molecular weight excluding hydrogens is 597 g/mol. The van der Waals surface area contributed by atoms with Crippen LogP contribution in [0.25, 0.3) is 0 Å². The van der Waals surface area contributed by atoms with Crippen molar-refractivity contribution in [2.75, 3.05) is 31.5 Å². The molecule has 0 bridgehead atoms. The SMILES string of the molecule is C=C(Nc1cc(F)c(CC(=C)N2CC(N3CCNC(N)C3)CC2CCC2CCCCC2)cc1Cl)C1=CN(N)C2CCC=CC12.CC. The van der Waals surface area contributed by atoms with Crippen molar-refractivity contribution >= 4 is 17.3 Å². The van der Waals surface area contributed by atoms with Crippen molar-refractivity contribution in [3.8, 4) is 0 Å². The highest BCUT2D eigenvalue weighted by molar-refractivity contribution is 6.33. The second kappa shape index (κ2) is 16.2. The number of likely N-dealkylation sites (tertiary alicyclic amines) is 1. The third kappa shape index (κ3) is 8.19. The highest BCUT2D eigenvalue weighted by Crippen LogP contribution is 2.39. The van der Waals surface area contributed by atoms with E-state index in [0.29, 0.717) is 40.5 Å². The van der Waals surface area contributed by atoms with Crippen LogP contribution in [0.15, 0.2) is 60.6 Å². The average Bonchev–Trinajstić information content (AvgIpc) is 3.65. The summed E-state index contributed by atoms with van der Waals surface area (Å²) in [5, 5.41) is 8.89. The van der Waals surface area contributed by atoms with E-state index < -0.39 is 0 Å². The molecule has 2 aliphatic carbocycles. The molecular formula is C37H57ClFN7. The summed E-state index contributed by atoms with van der Waals surface area (Å²) in [5.74, 6) is 6.97. The fourth-order valence-electron chi connectivity index (χ4n) is 8.32. The van der Waals surface area contributed by atoms with Crippen LogP contribution in [0, 0.1) is 17.7 Å². The van der Waals surface area contributed by atoms with E-state index in [0.717, 1.165) is 62.6 Å². The van der Waals surface area contributed by atoms with Crippen molar-refractivity contribution in [1.82, 2.24) is 20.1 Å². The Kier molecular flexibility index (Phi) is 12.3. The first-order valence-electron chi connectivity index (χ1n) is 17.8. The van der Waals surface area contributed by atoms with Gasteiger partial charge in [-0.1, -0.05) is 82.9 Å². The van der Waals surface area contributed by atoms with Gasteiger partial charge in [0.2, 0.25) is 0 Å². The number of allylic oxidation sites excluding steroid dienone is 3. The summed E-state index contributed by atoms with van der Waals surface area (Å²) in [6.07, 6.45) is 19.2. The first kappa shape index (κ1) is 35.0. The van der Waals surface area contributed by atoms with Crippen LogP contribution in [-0.4, -0.2) is 65.3 Å². The van der Waals surface area contributed by atoms with Gasteiger partial charge in [-0.3, -0.25) is 10.2 Å². The van der Waals surface area contributed by atoms with E-state index in [1.807, 2.05) is 20.0 Å². The van der Waals surface area contributed by atoms with Crippen LogP contribution in [0.5, 0.6) is 0 Å². The lowest BCUT2D eigenvalue weighted by Crippen LogP contribution is -2.57. The van der Waals surface area contributed by atoms with Gasteiger partial charge in [-0.15, -0.1) is 0 Å². The number of nitrogens with one attached hydrogen (secondary N) is 2. The molecule has 0 amide bonds. The Labute approximate surface area is 281 Å². The Balaban J connectivity index is 0.00000204. The number of halogens is 2. The predicted molar refractivity (Wildman–Crippen MR) is 190 cm³/mol. The van der Waals surface area contributed by atoms with Gasteiger partial charge in [0.05, 0.1) is 22.9 Å². The molecule has 46 heavy (non-hydrogen) atoms. The normalized spacial score (nSPS) is 28.4. The highest BCUT2D eigenvalue weighted by atomic mass is 35.5. The predicted octanol–water partition coefficient (Wildman–Crippen LogP) is 6.89. The van der Waals surface area contributed by atoms with Crippen LogP contribution < -0.4 is 22.2 Å². The van der Waals surface area contributed by atoms with Gasteiger partial charge in [-0.2, -0.15) is 0 Å². The van der Waals surface area contributed by atoms with E-state index in [1.165, 1.54) is 51.0 Å². The first-order valence-corrected chi connectivity index (χ1v) is 18.2. The lowest BCUT2D eigenvalue weighted by atomic mass is 9.85. The van der Waals surface area contributed by atoms with Crippen LogP contribution in [0.1, 0.15) is 83.6 Å². The molecule has 5 atom stereocenters. The molecule has 5 aliphatic rings. The van der Waals surface area contributed by atoms with Gasteiger partial charge in [-0.05, 0) is 55.7 Å². The number of benzene rings is 1. The Morgan fingerprint density at radius 3 is 2.65 bits per heavy atom. The number of nitrogens with two attached hydrogens (primary N) is 2. The van der Waals surface area contributed by atoms with Gasteiger partial charge >= 0.3 is 0 Å². The Morgan fingerprint density at radius 2 is 1.89 bits per heavy atom. The van der Waals surface area contributed by atoms with Gasteiger partial charge in [0.15, 0.2) is 0 Å². The fraction of sp³-hybridized carbons (Fsp3) is 0.622. The third-order valence-electron chi connectivity index (χ3n) is 10.8. The topological polar surface area (TPSA) is 85.8 Å². The summed E-state index contributed by atoms with van der Waals surface area (Å²) in [5.41, 5.74) is 10.0. The van der Waals surface area contributed by atoms with Crippen molar-refractivity contribution < 1.29 is 4.39 Å². The molecule has 2 saturated heterocycles. The molecule has 3 aliphatic heterocycles. The largest absolute Gasteiger partial charge is 0.370 e. The molecule has 0 aromatic heterocycles. The first-order chi connectivity index (χ1) is 22.3. The smallest absolute Gasteiger partial charge is 0.128 e. The molecule has 7 nitrogen and oxygen atoms in total. The summed E-state index contributed by atoms with van der Waals surface area (Å²) in [7, 11) is 0. The summed E-state index contributed by atoms with van der Waals surface area (Å²) < 4.78 is 15.7. The summed E-state index contributed by atoms with van der Waals surface area (Å²) in [6.45, 7) is 16.5. The zero-order valence-electron chi connectivity index (χ0n) is 28.1. The number of fused-ring (bicyclic) bond motifs is 1. The number of hydrazine groups is 1. The molecule has 3 fully saturated rings. The van der Waals surface area contributed by atoms with E-state index in [-0.39, 0.29) is 23.9 Å². The van der Waals surface area contributed by atoms with Crippen LogP contribution in [-0.2, 0) is 6.42 Å². The minimum Gasteiger partial charge on any atom is -0.370 e. The van der Waals surface area contributed by atoms with Gasteiger partial charge in [-0.25, -0.2) is 10.2 Å². The monoisotopic (exact) mass is 653 g/mol. The number of rotatable bonds is 10. The van der Waals surface area contributed by atoms with E-state index in [4.69, 9.17) is 23.2 Å². The van der Waals surface area contributed by atoms with Crippen LogP contribution in [0.3, 0.4) is 0 Å². The number of anilines is 1. The summed E-state index contributed by atoms with van der Waals surface area (Å²) in [6, 6.07) is 4.33. The standard InChI is InChI=1S/C35H51ClFN7.C2H6/c1-23(43-20-28(42-15-14-40-35(38)22-42)18-27(43)13-12-25-8-4-3-5-9-25)16-26-17-31(36)33(19-32(26)37)41-24(2)30-21-44(39)34-11-7-6-10-29(30)34;1-2/h6,10,17,19,21,25,27-29,34-35,40-41H,1-5,7-9,11-16,18,20,22,38-39H2;1-2H3. The molecule has 0 radical (unpaired) electrons. The van der Waals surface area contributed by atoms with E-state index in [9.17, 15) is 0 Å². The minimum absolute atomic E-state index is 0.0147. The maximum Gasteiger partial charge on any atom is 0.128 e. The number of hydrogen-bond acceptors (Lipinski definition) is 7. The fourth-order valence-corrected chi connectivity index (χ4v) is 8.55. The van der Waals surface area contributed by atoms with Crippen LogP contribution in [0.4, 0.5) is 10.1 Å². The molecule has 1 aromatic rings. The Morgan fingerprint density at radius 1 is 1.11 bits per heavy atom. The molecule has 0 spiro atoms. The highest BCUT2D eigenvalue weighted by Gasteiger charge is 2.38. The van der Waals surface area contributed by atoms with E-state index in [1.54, 1.807) is 11.1 Å². The van der Waals surface area contributed by atoms with Crippen molar-refractivity contribution in [2.45, 2.75) is 109 Å². The number of hydrogen-bond donors (Lipinski definition) is 4. The third-order valence-corrected chi connectivity index (χ3v) is 11.1. The Bertz CT molecular complexity index is 1270. The van der Waals surface area contributed by atoms with Crippen molar-refractivity contribution in [2.24, 2.45) is 23.4 Å². The zero-order valence-corrected chi connectivity index (χ0v) is 28.9. The summed E-state index contributed by atoms with van der Waals surface area (Å²) in [4.78, 5) is 5.02. The van der Waals surface area contributed by atoms with Crippen molar-refractivity contribution in [3.05, 3.63) is 77.0 Å². The zero-order chi connectivity index (χ0) is 32.8.